The zero-order chi connectivity index (χ0) is 11.5. The molecule has 0 aromatic rings. The molecule has 0 aliphatic heterocycles. The number of aliphatic carboxylic acids is 2. The minimum atomic E-state index is -2.71. The summed E-state index contributed by atoms with van der Waals surface area (Å²) in [4.78, 5) is 19.4. The highest BCUT2D eigenvalue weighted by atomic mass is 19.2. The molecule has 0 heterocycles. The Kier molecular flexibility index (Phi) is 3.81. The molecule has 14 heavy (non-hydrogen) atoms. The molecule has 0 bridgehead atoms. The second-order valence-corrected chi connectivity index (χ2v) is 1.87. The van der Waals surface area contributed by atoms with Gasteiger partial charge in [-0.1, -0.05) is 0 Å². The average molecular weight is 214 g/mol. The van der Waals surface area contributed by atoms with Crippen LogP contribution in [0.25, 0.3) is 0 Å². The molecule has 2 N–H and O–H groups in total. The molecule has 0 aliphatic rings. The maximum atomic E-state index is 12.2. The fourth-order valence-electron chi connectivity index (χ4n) is 0.380. The summed E-state index contributed by atoms with van der Waals surface area (Å²) in [7, 11) is 0. The van der Waals surface area contributed by atoms with Crippen LogP contribution in [0.15, 0.2) is 23.3 Å². The Morgan fingerprint density at radius 3 is 1.00 bits per heavy atom. The van der Waals surface area contributed by atoms with Gasteiger partial charge in [0.1, 0.15) is 0 Å². The molecule has 78 valence electrons. The van der Waals surface area contributed by atoms with E-state index in [-0.39, 0.29) is 0 Å². The quantitative estimate of drug-likeness (QED) is 0.423. The molecule has 0 saturated carbocycles. The van der Waals surface area contributed by atoms with E-state index in [2.05, 4.69) is 0 Å². The van der Waals surface area contributed by atoms with Crippen molar-refractivity contribution in [3.05, 3.63) is 23.3 Å². The maximum absolute atomic E-state index is 12.2. The van der Waals surface area contributed by atoms with Crippen molar-refractivity contribution in [3.8, 4) is 0 Å². The van der Waals surface area contributed by atoms with E-state index in [4.69, 9.17) is 10.2 Å². The number of carboxylic acid groups (broad SMARTS) is 2. The third-order valence-electron chi connectivity index (χ3n) is 0.954. The van der Waals surface area contributed by atoms with Crippen LogP contribution < -0.4 is 0 Å². The molecular weight excluding hydrogens is 212 g/mol. The van der Waals surface area contributed by atoms with Gasteiger partial charge < -0.3 is 10.2 Å². The highest BCUT2D eigenvalue weighted by molar-refractivity contribution is 5.88. The Balaban J connectivity index is 5.35. The summed E-state index contributed by atoms with van der Waals surface area (Å²) in [5.74, 6) is -15.6. The Labute approximate surface area is 73.8 Å². The van der Waals surface area contributed by atoms with Gasteiger partial charge in [0.05, 0.1) is 0 Å². The molecule has 0 saturated heterocycles. The molecule has 0 fully saturated rings. The Morgan fingerprint density at radius 2 is 0.857 bits per heavy atom. The smallest absolute Gasteiger partial charge is 0.367 e. The van der Waals surface area contributed by atoms with E-state index in [9.17, 15) is 27.2 Å². The van der Waals surface area contributed by atoms with Crippen molar-refractivity contribution in [2.75, 3.05) is 0 Å². The third-order valence-corrected chi connectivity index (χ3v) is 0.954. The first kappa shape index (κ1) is 12.1. The molecular formula is C6H2F4O4. The van der Waals surface area contributed by atoms with Crippen molar-refractivity contribution in [2.24, 2.45) is 0 Å². The zero-order valence-corrected chi connectivity index (χ0v) is 6.22. The number of halogens is 4. The van der Waals surface area contributed by atoms with Gasteiger partial charge in [0, 0.05) is 0 Å². The number of rotatable bonds is 3. The van der Waals surface area contributed by atoms with E-state index < -0.39 is 35.2 Å². The lowest BCUT2D eigenvalue weighted by Gasteiger charge is -1.94. The lowest BCUT2D eigenvalue weighted by atomic mass is 10.3. The predicted octanol–water partition coefficient (Wildman–Crippen LogP) is 1.46. The van der Waals surface area contributed by atoms with Crippen LogP contribution in [0, 0.1) is 0 Å². The minimum absolute atomic E-state index is 2.48. The van der Waals surface area contributed by atoms with Crippen molar-refractivity contribution >= 4 is 11.9 Å². The molecule has 0 aromatic carbocycles. The van der Waals surface area contributed by atoms with Crippen molar-refractivity contribution in [2.45, 2.75) is 0 Å². The monoisotopic (exact) mass is 214 g/mol. The molecule has 0 spiro atoms. The molecule has 0 atom stereocenters. The minimum Gasteiger partial charge on any atom is -0.476 e. The molecule has 0 aromatic heterocycles. The summed E-state index contributed by atoms with van der Waals surface area (Å²) in [6.07, 6.45) is 0. The van der Waals surface area contributed by atoms with Gasteiger partial charge in [-0.05, 0) is 0 Å². The predicted molar refractivity (Wildman–Crippen MR) is 33.8 cm³/mol. The summed E-state index contributed by atoms with van der Waals surface area (Å²) >= 11 is 0. The first-order valence-corrected chi connectivity index (χ1v) is 2.86. The van der Waals surface area contributed by atoms with E-state index in [1.54, 1.807) is 0 Å². The molecule has 0 radical (unpaired) electrons. The van der Waals surface area contributed by atoms with E-state index in [1.807, 2.05) is 0 Å². The summed E-state index contributed by atoms with van der Waals surface area (Å²) in [6.45, 7) is 0. The first-order chi connectivity index (χ1) is 6.29. The van der Waals surface area contributed by atoms with Crippen LogP contribution in [-0.4, -0.2) is 22.2 Å². The second kappa shape index (κ2) is 4.40. The molecule has 4 nitrogen and oxygen atoms in total. The van der Waals surface area contributed by atoms with Crippen LogP contribution in [0.5, 0.6) is 0 Å². The van der Waals surface area contributed by atoms with Gasteiger partial charge in [-0.3, -0.25) is 0 Å². The third kappa shape index (κ3) is 2.57. The Bertz CT molecular complexity index is 310. The second-order valence-electron chi connectivity index (χ2n) is 1.87. The van der Waals surface area contributed by atoms with Gasteiger partial charge in [0.2, 0.25) is 23.3 Å². The fourth-order valence-corrected chi connectivity index (χ4v) is 0.380. The van der Waals surface area contributed by atoms with Crippen molar-refractivity contribution in [1.29, 1.82) is 0 Å². The average Bonchev–Trinajstić information content (AvgIpc) is 2.12. The maximum Gasteiger partial charge on any atom is 0.367 e. The van der Waals surface area contributed by atoms with Crippen molar-refractivity contribution in [1.82, 2.24) is 0 Å². The summed E-state index contributed by atoms with van der Waals surface area (Å²) < 4.78 is 48.6. The molecule has 0 aliphatic carbocycles. The topological polar surface area (TPSA) is 74.6 Å². The molecule has 0 rings (SSSR count). The van der Waals surface area contributed by atoms with Gasteiger partial charge in [-0.25, -0.2) is 18.4 Å². The van der Waals surface area contributed by atoms with Gasteiger partial charge in [-0.15, -0.1) is 0 Å². The highest BCUT2D eigenvalue weighted by Crippen LogP contribution is 2.23. The van der Waals surface area contributed by atoms with Crippen LogP contribution in [-0.2, 0) is 9.59 Å². The van der Waals surface area contributed by atoms with Gasteiger partial charge in [-0.2, -0.15) is 8.78 Å². The lowest BCUT2D eigenvalue weighted by molar-refractivity contribution is -0.135. The SMILES string of the molecule is O=C(O)/C(F)=C(F)/C(F)=C(\F)C(=O)O. The number of carbonyl (C=O) groups is 2. The van der Waals surface area contributed by atoms with Crippen molar-refractivity contribution < 1.29 is 37.4 Å². The molecule has 0 unspecified atom stereocenters. The van der Waals surface area contributed by atoms with Crippen LogP contribution >= 0.6 is 0 Å². The standard InChI is InChI=1S/C6H2F4O4/c7-1(3(9)5(11)12)2(8)4(10)6(13)14/h(H,11,12)(H,13,14)/b3-1+,4-2+. The van der Waals surface area contributed by atoms with E-state index in [1.165, 1.54) is 0 Å². The zero-order valence-electron chi connectivity index (χ0n) is 6.22. The van der Waals surface area contributed by atoms with Gasteiger partial charge >= 0.3 is 11.9 Å². The number of hydrogen-bond donors (Lipinski definition) is 2. The summed E-state index contributed by atoms with van der Waals surface area (Å²) in [5, 5.41) is 15.6. The van der Waals surface area contributed by atoms with Crippen molar-refractivity contribution in [3.63, 3.8) is 0 Å². The van der Waals surface area contributed by atoms with E-state index >= 15 is 0 Å². The summed E-state index contributed by atoms with van der Waals surface area (Å²) in [5.41, 5.74) is 0. The van der Waals surface area contributed by atoms with Crippen LogP contribution in [0.4, 0.5) is 17.6 Å². The first-order valence-electron chi connectivity index (χ1n) is 2.86. The van der Waals surface area contributed by atoms with E-state index in [0.29, 0.717) is 0 Å². The number of carboxylic acids is 2. The largest absolute Gasteiger partial charge is 0.476 e. The van der Waals surface area contributed by atoms with Crippen LogP contribution in [0.1, 0.15) is 0 Å². The Hall–Kier alpha value is -1.86. The Morgan fingerprint density at radius 1 is 0.643 bits per heavy atom. The highest BCUT2D eigenvalue weighted by Gasteiger charge is 2.24. The van der Waals surface area contributed by atoms with Crippen LogP contribution in [0.3, 0.4) is 0 Å². The lowest BCUT2D eigenvalue weighted by Crippen LogP contribution is -2.02. The number of hydrogen-bond acceptors (Lipinski definition) is 2. The fraction of sp³-hybridized carbons (Fsp3) is 0. The summed E-state index contributed by atoms with van der Waals surface area (Å²) in [6, 6.07) is 0. The molecule has 0 amide bonds. The van der Waals surface area contributed by atoms with E-state index in [0.717, 1.165) is 0 Å². The van der Waals surface area contributed by atoms with Crippen LogP contribution in [0.2, 0.25) is 0 Å². The normalized spacial score (nSPS) is 14.3. The van der Waals surface area contributed by atoms with Gasteiger partial charge in [0.25, 0.3) is 0 Å². The number of allylic oxidation sites excluding steroid dienone is 2. The van der Waals surface area contributed by atoms with Gasteiger partial charge in [0.15, 0.2) is 0 Å². The molecule has 8 heteroatoms.